The van der Waals surface area contributed by atoms with Gasteiger partial charge < -0.3 is 10.6 Å². The highest BCUT2D eigenvalue weighted by atomic mass is 35.5. The van der Waals surface area contributed by atoms with Crippen molar-refractivity contribution in [2.75, 3.05) is 10.6 Å². The molecule has 0 spiro atoms. The number of carbonyl (C=O) groups excluding carboxylic acids is 1. The lowest BCUT2D eigenvalue weighted by atomic mass is 10.2. The van der Waals surface area contributed by atoms with Gasteiger partial charge in [-0.15, -0.1) is 0 Å². The third kappa shape index (κ3) is 3.97. The van der Waals surface area contributed by atoms with Crippen LogP contribution in [0.3, 0.4) is 0 Å². The van der Waals surface area contributed by atoms with Gasteiger partial charge >= 0.3 is 0 Å². The Labute approximate surface area is 155 Å². The average Bonchev–Trinajstić information content (AvgIpc) is 2.63. The molecule has 0 unspecified atom stereocenters. The molecule has 26 heavy (non-hydrogen) atoms. The summed E-state index contributed by atoms with van der Waals surface area (Å²) in [7, 11) is 0. The Morgan fingerprint density at radius 2 is 1.77 bits per heavy atom. The summed E-state index contributed by atoms with van der Waals surface area (Å²) < 4.78 is 0. The van der Waals surface area contributed by atoms with Gasteiger partial charge in [-0.2, -0.15) is 5.26 Å². The molecule has 0 saturated carbocycles. The molecule has 3 aromatic rings. The van der Waals surface area contributed by atoms with Crippen molar-refractivity contribution in [2.45, 2.75) is 6.92 Å². The summed E-state index contributed by atoms with van der Waals surface area (Å²) in [4.78, 5) is 21.1. The first-order valence-electron chi connectivity index (χ1n) is 7.74. The van der Waals surface area contributed by atoms with Crippen molar-refractivity contribution in [3.05, 3.63) is 76.6 Å². The van der Waals surface area contributed by atoms with Crippen LogP contribution in [-0.2, 0) is 0 Å². The number of anilines is 3. The summed E-state index contributed by atoms with van der Waals surface area (Å²) in [5, 5.41) is 15.4. The van der Waals surface area contributed by atoms with E-state index in [0.717, 1.165) is 0 Å². The van der Waals surface area contributed by atoms with Gasteiger partial charge in [-0.1, -0.05) is 35.9 Å². The van der Waals surface area contributed by atoms with E-state index in [9.17, 15) is 4.79 Å². The molecule has 0 aliphatic rings. The molecule has 0 aliphatic carbocycles. The maximum atomic E-state index is 12.5. The predicted octanol–water partition coefficient (Wildman–Crippen LogP) is 4.31. The Balaban J connectivity index is 1.86. The van der Waals surface area contributed by atoms with Crippen molar-refractivity contribution < 1.29 is 4.79 Å². The van der Waals surface area contributed by atoms with Gasteiger partial charge in [0.05, 0.1) is 22.0 Å². The van der Waals surface area contributed by atoms with Crippen LogP contribution in [0.5, 0.6) is 0 Å². The first-order valence-corrected chi connectivity index (χ1v) is 8.12. The van der Waals surface area contributed by atoms with E-state index in [0.29, 0.717) is 27.7 Å². The summed E-state index contributed by atoms with van der Waals surface area (Å²) >= 11 is 6.13. The molecule has 1 heterocycles. The fraction of sp³-hybridized carbons (Fsp3) is 0.0526. The van der Waals surface area contributed by atoms with Crippen LogP contribution in [0.15, 0.2) is 54.6 Å². The van der Waals surface area contributed by atoms with Crippen molar-refractivity contribution in [2.24, 2.45) is 0 Å². The van der Waals surface area contributed by atoms with Crippen LogP contribution in [0.2, 0.25) is 5.02 Å². The van der Waals surface area contributed by atoms with Gasteiger partial charge in [-0.25, -0.2) is 9.97 Å². The highest BCUT2D eigenvalue weighted by molar-refractivity contribution is 6.33. The van der Waals surface area contributed by atoms with E-state index < -0.39 is 5.91 Å². The fourth-order valence-corrected chi connectivity index (χ4v) is 2.48. The number of rotatable bonds is 4. The molecule has 0 atom stereocenters. The number of hydrogen-bond acceptors (Lipinski definition) is 5. The second kappa shape index (κ2) is 7.64. The molecule has 128 valence electrons. The molecule has 0 radical (unpaired) electrons. The van der Waals surface area contributed by atoms with Gasteiger partial charge in [-0.05, 0) is 37.3 Å². The standard InChI is InChI=1S/C19H14ClN5O/c1-12-10-17(18(26)23-15-8-4-2-6-13(15)11-21)25-19(22-12)24-16-9-5-3-7-14(16)20/h2-10H,1H3,(H,23,26)(H,22,24,25). The normalized spacial score (nSPS) is 10.0. The van der Waals surface area contributed by atoms with E-state index in [4.69, 9.17) is 16.9 Å². The number of nitrogens with zero attached hydrogens (tertiary/aromatic N) is 3. The topological polar surface area (TPSA) is 90.7 Å². The molecule has 1 amide bonds. The van der Waals surface area contributed by atoms with Gasteiger partial charge in [0.2, 0.25) is 5.95 Å². The van der Waals surface area contributed by atoms with Crippen molar-refractivity contribution in [1.82, 2.24) is 9.97 Å². The molecule has 3 rings (SSSR count). The number of nitriles is 1. The van der Waals surface area contributed by atoms with Gasteiger partial charge in [-0.3, -0.25) is 4.79 Å². The first kappa shape index (κ1) is 17.4. The third-order valence-corrected chi connectivity index (χ3v) is 3.83. The Morgan fingerprint density at radius 1 is 1.08 bits per heavy atom. The zero-order chi connectivity index (χ0) is 18.5. The van der Waals surface area contributed by atoms with Gasteiger partial charge in [0, 0.05) is 5.69 Å². The van der Waals surface area contributed by atoms with Gasteiger partial charge in [0.15, 0.2) is 0 Å². The molecule has 1 aromatic heterocycles. The van der Waals surface area contributed by atoms with E-state index in [-0.39, 0.29) is 11.6 Å². The minimum absolute atomic E-state index is 0.180. The van der Waals surface area contributed by atoms with Crippen molar-refractivity contribution in [3.8, 4) is 6.07 Å². The lowest BCUT2D eigenvalue weighted by Crippen LogP contribution is -2.16. The largest absolute Gasteiger partial charge is 0.323 e. The number of nitrogens with one attached hydrogen (secondary N) is 2. The van der Waals surface area contributed by atoms with Gasteiger partial charge in [0.25, 0.3) is 5.91 Å². The predicted molar refractivity (Wildman–Crippen MR) is 101 cm³/mol. The first-order chi connectivity index (χ1) is 12.6. The smallest absolute Gasteiger partial charge is 0.274 e. The molecule has 2 N–H and O–H groups in total. The molecule has 0 fully saturated rings. The monoisotopic (exact) mass is 363 g/mol. The van der Waals surface area contributed by atoms with Crippen molar-refractivity contribution in [3.63, 3.8) is 0 Å². The molecular formula is C19H14ClN5O. The van der Waals surface area contributed by atoms with Crippen LogP contribution in [0.25, 0.3) is 0 Å². The number of para-hydroxylation sites is 2. The molecule has 6 nitrogen and oxygen atoms in total. The number of halogens is 1. The van der Waals surface area contributed by atoms with Gasteiger partial charge in [0.1, 0.15) is 11.8 Å². The number of carbonyl (C=O) groups is 1. The van der Waals surface area contributed by atoms with E-state index in [1.807, 2.05) is 18.2 Å². The number of hydrogen-bond donors (Lipinski definition) is 2. The average molecular weight is 364 g/mol. The fourth-order valence-electron chi connectivity index (χ4n) is 2.30. The Hall–Kier alpha value is -3.43. The second-order valence-corrected chi connectivity index (χ2v) is 5.84. The molecule has 0 saturated heterocycles. The lowest BCUT2D eigenvalue weighted by molar-refractivity contribution is 0.102. The van der Waals surface area contributed by atoms with Crippen LogP contribution >= 0.6 is 11.6 Å². The zero-order valence-corrected chi connectivity index (χ0v) is 14.6. The minimum atomic E-state index is -0.430. The van der Waals surface area contributed by atoms with E-state index in [1.54, 1.807) is 49.4 Å². The van der Waals surface area contributed by atoms with Crippen LogP contribution < -0.4 is 10.6 Å². The SMILES string of the molecule is Cc1cc(C(=O)Nc2ccccc2C#N)nc(Nc2ccccc2Cl)n1. The van der Waals surface area contributed by atoms with E-state index >= 15 is 0 Å². The Morgan fingerprint density at radius 3 is 2.50 bits per heavy atom. The lowest BCUT2D eigenvalue weighted by Gasteiger charge is -2.10. The zero-order valence-electron chi connectivity index (χ0n) is 13.8. The van der Waals surface area contributed by atoms with E-state index in [1.165, 1.54) is 0 Å². The van der Waals surface area contributed by atoms with Crippen LogP contribution in [0.1, 0.15) is 21.7 Å². The summed E-state index contributed by atoms with van der Waals surface area (Å²) in [6, 6.07) is 17.6. The van der Waals surface area contributed by atoms with Crippen LogP contribution in [0.4, 0.5) is 17.3 Å². The van der Waals surface area contributed by atoms with Crippen molar-refractivity contribution >= 4 is 34.8 Å². The van der Waals surface area contributed by atoms with Crippen molar-refractivity contribution in [1.29, 1.82) is 5.26 Å². The Kier molecular flexibility index (Phi) is 5.11. The van der Waals surface area contributed by atoms with Crippen LogP contribution in [0, 0.1) is 18.3 Å². The number of aromatic nitrogens is 2. The summed E-state index contributed by atoms with van der Waals surface area (Å²) in [5.41, 5.74) is 2.24. The molecule has 0 aliphatic heterocycles. The summed E-state index contributed by atoms with van der Waals surface area (Å²) in [6.07, 6.45) is 0. The number of aryl methyl sites for hydroxylation is 1. The number of benzene rings is 2. The maximum Gasteiger partial charge on any atom is 0.274 e. The second-order valence-electron chi connectivity index (χ2n) is 5.43. The molecule has 7 heteroatoms. The molecule has 0 bridgehead atoms. The maximum absolute atomic E-state index is 12.5. The number of amides is 1. The minimum Gasteiger partial charge on any atom is -0.323 e. The highest BCUT2D eigenvalue weighted by Gasteiger charge is 2.13. The van der Waals surface area contributed by atoms with Crippen LogP contribution in [-0.4, -0.2) is 15.9 Å². The molecule has 2 aromatic carbocycles. The summed E-state index contributed by atoms with van der Waals surface area (Å²) in [6.45, 7) is 1.76. The summed E-state index contributed by atoms with van der Waals surface area (Å²) in [5.74, 6) is -0.169. The van der Waals surface area contributed by atoms with E-state index in [2.05, 4.69) is 20.6 Å². The Bertz CT molecular complexity index is 1010. The third-order valence-electron chi connectivity index (χ3n) is 3.50. The quantitative estimate of drug-likeness (QED) is 0.720. The molecular weight excluding hydrogens is 350 g/mol. The highest BCUT2D eigenvalue weighted by Crippen LogP contribution is 2.23.